The Bertz CT molecular complexity index is 7000. The first kappa shape index (κ1) is 44.5. The van der Waals surface area contributed by atoms with Crippen LogP contribution in [0.4, 0.5) is 34.1 Å². The van der Waals surface area contributed by atoms with Crippen LogP contribution in [0.25, 0.3) is 116 Å². The third kappa shape index (κ3) is 9.17. The highest BCUT2D eigenvalue weighted by atomic mass is 15.2. The summed E-state index contributed by atoms with van der Waals surface area (Å²) in [5.41, 5.74) is 14.7. The lowest BCUT2D eigenvalue weighted by Crippen LogP contribution is -2.61. The van der Waals surface area contributed by atoms with Crippen molar-refractivity contribution in [3.8, 4) is 56.5 Å². The maximum absolute atomic E-state index is 11.5. The Kier molecular flexibility index (Phi) is 9.93. The highest BCUT2D eigenvalue weighted by Crippen LogP contribution is 2.50. The van der Waals surface area contributed by atoms with Gasteiger partial charge in [-0.3, -0.25) is 0 Å². The van der Waals surface area contributed by atoms with E-state index in [2.05, 4.69) is 129 Å². The summed E-state index contributed by atoms with van der Waals surface area (Å²) in [5.74, 6) is 0. The second kappa shape index (κ2) is 22.3. The van der Waals surface area contributed by atoms with Gasteiger partial charge in [-0.15, -0.1) is 0 Å². The normalized spacial score (nSPS) is 15.1. The van der Waals surface area contributed by atoms with Crippen LogP contribution in [-0.2, 0) is 10.8 Å². The predicted octanol–water partition coefficient (Wildman–Crippen LogP) is 22.5. The van der Waals surface area contributed by atoms with Gasteiger partial charge in [0.15, 0.2) is 0 Å². The van der Waals surface area contributed by atoms with Crippen LogP contribution in [0.1, 0.15) is 80.2 Å². The van der Waals surface area contributed by atoms with Gasteiger partial charge in [0.25, 0.3) is 6.71 Å². The molecule has 7 heteroatoms. The van der Waals surface area contributed by atoms with Crippen molar-refractivity contribution in [3.05, 3.63) is 326 Å². The Morgan fingerprint density at radius 3 is 1.24 bits per heavy atom. The number of fused-ring (bicyclic) bond motifs is 13. The molecule has 0 N–H and O–H groups in total. The summed E-state index contributed by atoms with van der Waals surface area (Å²) in [4.78, 5) is 4.25. The first-order valence-corrected chi connectivity index (χ1v) is 33.5. The lowest BCUT2D eigenvalue weighted by atomic mass is 9.33. The van der Waals surface area contributed by atoms with Crippen LogP contribution in [0.15, 0.2) is 309 Å². The fraction of sp³-hybridized carbons (Fsp3) is 0.0860. The van der Waals surface area contributed by atoms with E-state index in [0.29, 0.717) is 56.3 Å². The van der Waals surface area contributed by atoms with Gasteiger partial charge in [0.1, 0.15) is 6.07 Å². The predicted molar refractivity (Wildman–Crippen MR) is 422 cm³/mol. The molecule has 0 aliphatic carbocycles. The van der Waals surface area contributed by atoms with E-state index in [9.17, 15) is 24.5 Å². The van der Waals surface area contributed by atoms with Crippen LogP contribution >= 0.6 is 0 Å². The SMILES string of the molecule is [2H]c1c([2H])c([2H])c2c(c1[2H])c1c([2H])c([2H])c([2H])c([2H])c1n2-c1ccc2c(c1)N(c1cc(-c3ccccc3)cc(-c3ccccc3)c1)c1cc(-n3c4c([2H])c([2H])c([2H])c([2H])c4c4c([2H])c([2H])c([2H])c([2H])c43)cc3c1B2c1ccc(-c2cc(C(C)(C)C)cc(C(C)(C)C)c2)cc1N3c1ccc(C#N)c(-n2c3ccccc3c3ccccc32)c1. The number of aromatic nitrogens is 3. The third-order valence-corrected chi connectivity index (χ3v) is 20.2. The molecule has 2 aliphatic rings. The molecule has 0 saturated heterocycles. The zero-order valence-corrected chi connectivity index (χ0v) is 55.5. The summed E-state index contributed by atoms with van der Waals surface area (Å²) in [7, 11) is 0. The average molecular weight is 1300 g/mol. The fourth-order valence-electron chi connectivity index (χ4n) is 15.4. The number of nitriles is 1. The first-order valence-electron chi connectivity index (χ1n) is 41.5. The van der Waals surface area contributed by atoms with Gasteiger partial charge in [-0.1, -0.05) is 248 Å². The van der Waals surface area contributed by atoms with Gasteiger partial charge in [-0.05, 0) is 175 Å². The van der Waals surface area contributed by atoms with Gasteiger partial charge in [-0.25, -0.2) is 0 Å². The van der Waals surface area contributed by atoms with Crippen molar-refractivity contribution in [3.63, 3.8) is 0 Å². The quantitative estimate of drug-likeness (QED) is 0.142. The number of hydrogen-bond acceptors (Lipinski definition) is 3. The Balaban J connectivity index is 1.03. The zero-order chi connectivity index (χ0) is 81.2. The summed E-state index contributed by atoms with van der Waals surface area (Å²) in [6, 6.07) is 64.3. The Morgan fingerprint density at radius 1 is 0.310 bits per heavy atom. The molecule has 19 rings (SSSR count). The highest BCUT2D eigenvalue weighted by molar-refractivity contribution is 7.00. The topological polar surface area (TPSA) is 45.1 Å². The molecule has 17 aromatic rings. The van der Waals surface area contributed by atoms with Crippen LogP contribution in [0.5, 0.6) is 0 Å². The number of benzene rings is 14. The van der Waals surface area contributed by atoms with E-state index >= 15 is 0 Å². The molecular formula is C93H69BN6. The van der Waals surface area contributed by atoms with E-state index in [4.69, 9.17) is 2.74 Å². The number of rotatable bonds is 8. The van der Waals surface area contributed by atoms with Crippen molar-refractivity contribution in [2.24, 2.45) is 0 Å². The van der Waals surface area contributed by atoms with Crippen molar-refractivity contribution in [2.75, 3.05) is 9.80 Å². The number of anilines is 6. The molecule has 0 radical (unpaired) electrons. The molecule has 2 aliphatic heterocycles. The van der Waals surface area contributed by atoms with Gasteiger partial charge < -0.3 is 23.5 Å². The molecular weight excluding hydrogens is 1210 g/mol. The van der Waals surface area contributed by atoms with Gasteiger partial charge in [0.05, 0.1) is 72.0 Å². The van der Waals surface area contributed by atoms with E-state index in [1.165, 1.54) is 9.13 Å². The maximum Gasteiger partial charge on any atom is 0.252 e. The summed E-state index contributed by atoms with van der Waals surface area (Å²) >= 11 is 0. The largest absolute Gasteiger partial charge is 0.311 e. The summed E-state index contributed by atoms with van der Waals surface area (Å²) < 4.78 is 157. The Hall–Kier alpha value is -12.4. The Morgan fingerprint density at radius 2 is 0.730 bits per heavy atom. The average Bonchev–Trinajstić information content (AvgIpc) is 1.24. The molecule has 14 aromatic carbocycles. The van der Waals surface area contributed by atoms with Crippen molar-refractivity contribution in [2.45, 2.75) is 52.4 Å². The van der Waals surface area contributed by atoms with Crippen LogP contribution in [0, 0.1) is 11.3 Å². The number of hydrogen-bond donors (Lipinski definition) is 0. The van der Waals surface area contributed by atoms with Crippen LogP contribution in [0.3, 0.4) is 0 Å². The highest BCUT2D eigenvalue weighted by Gasteiger charge is 2.45. The summed E-state index contributed by atoms with van der Waals surface area (Å²) in [6.07, 6.45) is 0. The maximum atomic E-state index is 11.5. The molecule has 0 saturated carbocycles. The van der Waals surface area contributed by atoms with Crippen molar-refractivity contribution in [1.82, 2.24) is 13.7 Å². The third-order valence-electron chi connectivity index (χ3n) is 20.2. The molecule has 474 valence electrons. The van der Waals surface area contributed by atoms with Crippen molar-refractivity contribution < 1.29 is 21.9 Å². The smallest absolute Gasteiger partial charge is 0.252 e. The van der Waals surface area contributed by atoms with Gasteiger partial charge >= 0.3 is 0 Å². The molecule has 5 heterocycles. The molecule has 0 spiro atoms. The van der Waals surface area contributed by atoms with E-state index < -0.39 is 103 Å². The first-order chi connectivity index (χ1) is 55.5. The summed E-state index contributed by atoms with van der Waals surface area (Å²) in [5, 5.41) is 12.9. The molecule has 0 amide bonds. The van der Waals surface area contributed by atoms with Crippen molar-refractivity contribution in [1.29, 1.82) is 5.26 Å². The van der Waals surface area contributed by atoms with Gasteiger partial charge in [-0.2, -0.15) is 5.26 Å². The minimum atomic E-state index is -0.790. The van der Waals surface area contributed by atoms with Crippen LogP contribution in [-0.4, -0.2) is 20.4 Å². The Labute approximate surface area is 605 Å². The lowest BCUT2D eigenvalue weighted by molar-refractivity contribution is 0.569. The lowest BCUT2D eigenvalue weighted by Gasteiger charge is -2.45. The second-order valence-corrected chi connectivity index (χ2v) is 28.1. The fourth-order valence-corrected chi connectivity index (χ4v) is 15.4. The van der Waals surface area contributed by atoms with Gasteiger partial charge in [0, 0.05) is 72.1 Å². The van der Waals surface area contributed by atoms with Crippen molar-refractivity contribution >= 4 is 123 Å². The number of nitrogens with zero attached hydrogens (tertiary/aromatic N) is 6. The molecule has 0 unspecified atom stereocenters. The van der Waals surface area contributed by atoms with Gasteiger partial charge in [0.2, 0.25) is 0 Å². The van der Waals surface area contributed by atoms with Crippen LogP contribution in [0.2, 0.25) is 0 Å². The summed E-state index contributed by atoms with van der Waals surface area (Å²) in [6.45, 7) is 12.4. The van der Waals surface area contributed by atoms with E-state index in [-0.39, 0.29) is 65.8 Å². The van der Waals surface area contributed by atoms with E-state index in [0.717, 1.165) is 71.8 Å². The second-order valence-electron chi connectivity index (χ2n) is 28.1. The van der Waals surface area contributed by atoms with E-state index in [1.807, 2.05) is 146 Å². The number of para-hydroxylation sites is 6. The molecule has 100 heavy (non-hydrogen) atoms. The van der Waals surface area contributed by atoms with E-state index in [1.54, 1.807) is 0 Å². The molecule has 3 aromatic heterocycles. The monoisotopic (exact) mass is 1300 g/mol. The minimum absolute atomic E-state index is 0.0952. The van der Waals surface area contributed by atoms with Crippen LogP contribution < -0.4 is 26.2 Å². The zero-order valence-electron chi connectivity index (χ0n) is 71.5. The minimum Gasteiger partial charge on any atom is -0.311 e. The standard InChI is InChI=1S/C93H69BN6/c1-92(2,3)66-48-65(49-67(53-66)93(4,5)6)61-42-45-78-87(52-61)97(68-43-41-62(58-95)86(54-68)100-84-39-23-17-33-76(84)77-34-18-24-40-85(77)100)89-56-71(98-82-37-21-15-31-74(82)75-32-16-22-38-83(75)98)57-90-91(89)94(78)79-46-44-69(96-80-35-19-13-29-72(80)73-30-14-20-36-81(73)96)55-88(79)99(90)70-50-63(59-25-9-7-10-26-59)47-64(51-70)60-27-11-8-12-28-60/h7-57H,1-6H3/i13D,14D,15D,16D,19D,20D,21D,22D,29D,30D,31D,32D,35D,36D,37D,38D. The molecule has 0 atom stereocenters. The molecule has 0 fully saturated rings. The molecule has 6 nitrogen and oxygen atoms in total. The molecule has 0 bridgehead atoms.